The van der Waals surface area contributed by atoms with Gasteiger partial charge in [-0.1, -0.05) is 12.1 Å². The Kier molecular flexibility index (Phi) is 3.23. The van der Waals surface area contributed by atoms with Gasteiger partial charge in [0.25, 0.3) is 0 Å². The lowest BCUT2D eigenvalue weighted by atomic mass is 9.34. The van der Waals surface area contributed by atoms with Crippen LogP contribution in [0.15, 0.2) is 4.52 Å². The molecule has 0 spiro atoms. The van der Waals surface area contributed by atoms with Gasteiger partial charge < -0.3 is 14.2 Å². The summed E-state index contributed by atoms with van der Waals surface area (Å²) < 4.78 is 86.1. The fraction of sp³-hybridized carbons (Fsp3) is 0.706. The third-order valence-electron chi connectivity index (χ3n) is 6.75. The second-order valence-electron chi connectivity index (χ2n) is 8.79. The smallest absolute Gasteiger partial charge is 0.375 e. The lowest BCUT2D eigenvalue weighted by molar-refractivity contribution is -0.339. The summed E-state index contributed by atoms with van der Waals surface area (Å²) in [4.78, 5) is 0. The van der Waals surface area contributed by atoms with Gasteiger partial charge in [0, 0.05) is 23.4 Å². The van der Waals surface area contributed by atoms with Gasteiger partial charge in [-0.15, -0.1) is 10.2 Å². The van der Waals surface area contributed by atoms with E-state index in [1.54, 1.807) is 11.5 Å². The molecule has 12 heteroatoms. The first-order valence-electron chi connectivity index (χ1n) is 9.02. The second kappa shape index (κ2) is 4.96. The third-order valence-corrected chi connectivity index (χ3v) is 6.75. The van der Waals surface area contributed by atoms with E-state index in [0.717, 1.165) is 0 Å². The molecular weight excluding hydrogens is 406 g/mol. The van der Waals surface area contributed by atoms with Crippen LogP contribution in [-0.4, -0.2) is 37.4 Å². The molecule has 3 aliphatic carbocycles. The topological polar surface area (TPSA) is 77.0 Å². The van der Waals surface area contributed by atoms with E-state index in [1.165, 1.54) is 0 Å². The zero-order valence-corrected chi connectivity index (χ0v) is 15.3. The van der Waals surface area contributed by atoms with Crippen LogP contribution in [0.5, 0.6) is 0 Å². The van der Waals surface area contributed by atoms with Gasteiger partial charge in [-0.05, 0) is 26.2 Å². The molecule has 3 saturated carbocycles. The Bertz CT molecular complexity index is 998. The number of alkyl halides is 6. The average Bonchev–Trinajstić information content (AvgIpc) is 3.07. The van der Waals surface area contributed by atoms with Crippen LogP contribution in [0, 0.1) is 5.41 Å². The van der Waals surface area contributed by atoms with Crippen LogP contribution in [0.2, 0.25) is 0 Å². The molecule has 0 amide bonds. The standard InChI is InChI=1S/C17H16F6N4O2/c1-7-3-27-11(9-8(7)10(26-29-9)13(2,28)16(18,19)20)24-25-12(27)14-4-15(5-14,6-14)17(21,22)23/h7,28H,3-6H2,1-2H3/t7-,13+,14?,15?/m0/s1. The molecule has 0 saturated heterocycles. The van der Waals surface area contributed by atoms with Crippen molar-refractivity contribution in [2.45, 2.75) is 68.9 Å². The highest BCUT2D eigenvalue weighted by molar-refractivity contribution is 5.59. The maximum Gasteiger partial charge on any atom is 0.422 e. The summed E-state index contributed by atoms with van der Waals surface area (Å²) in [6.07, 6.45) is -9.41. The van der Waals surface area contributed by atoms with Gasteiger partial charge in [0.1, 0.15) is 11.5 Å². The van der Waals surface area contributed by atoms with Crippen molar-refractivity contribution < 1.29 is 36.0 Å². The molecule has 1 aliphatic heterocycles. The fourth-order valence-electron chi connectivity index (χ4n) is 5.13. The van der Waals surface area contributed by atoms with E-state index in [4.69, 9.17) is 4.52 Å². The summed E-state index contributed by atoms with van der Waals surface area (Å²) in [5, 5.41) is 21.6. The van der Waals surface area contributed by atoms with E-state index >= 15 is 0 Å². The summed E-state index contributed by atoms with van der Waals surface area (Å²) in [5.41, 5.74) is -6.13. The lowest BCUT2D eigenvalue weighted by Crippen LogP contribution is -2.71. The molecule has 2 aromatic heterocycles. The van der Waals surface area contributed by atoms with Gasteiger partial charge in [0.2, 0.25) is 17.2 Å². The summed E-state index contributed by atoms with van der Waals surface area (Å²) in [5.74, 6) is -0.0577. The first-order valence-corrected chi connectivity index (χ1v) is 9.02. The van der Waals surface area contributed by atoms with Gasteiger partial charge in [-0.25, -0.2) is 0 Å². The Morgan fingerprint density at radius 1 is 1.10 bits per heavy atom. The number of fused-ring (bicyclic) bond motifs is 3. The number of nitrogens with zero attached hydrogens (tertiary/aromatic N) is 4. The normalized spacial score (nSPS) is 32.7. The van der Waals surface area contributed by atoms with E-state index in [9.17, 15) is 31.4 Å². The quantitative estimate of drug-likeness (QED) is 0.745. The van der Waals surface area contributed by atoms with Crippen molar-refractivity contribution in [3.8, 4) is 11.6 Å². The third kappa shape index (κ3) is 2.10. The predicted molar refractivity (Wildman–Crippen MR) is 83.6 cm³/mol. The second-order valence-corrected chi connectivity index (χ2v) is 8.79. The molecule has 2 aromatic rings. The summed E-state index contributed by atoms with van der Waals surface area (Å²) >= 11 is 0. The van der Waals surface area contributed by atoms with Crippen LogP contribution in [0.4, 0.5) is 26.3 Å². The lowest BCUT2D eigenvalue weighted by Gasteiger charge is -2.69. The number of hydrogen-bond donors (Lipinski definition) is 1. The van der Waals surface area contributed by atoms with Crippen molar-refractivity contribution in [1.82, 2.24) is 19.9 Å². The van der Waals surface area contributed by atoms with Crippen LogP contribution in [0.1, 0.15) is 56.1 Å². The minimum absolute atomic E-state index is 0.0424. The highest BCUT2D eigenvalue weighted by Gasteiger charge is 2.80. The first kappa shape index (κ1) is 18.9. The molecule has 0 unspecified atom stereocenters. The molecule has 3 heterocycles. The zero-order valence-electron chi connectivity index (χ0n) is 15.3. The van der Waals surface area contributed by atoms with Crippen LogP contribution >= 0.6 is 0 Å². The first-order chi connectivity index (χ1) is 13.2. The van der Waals surface area contributed by atoms with Crippen molar-refractivity contribution in [1.29, 1.82) is 0 Å². The van der Waals surface area contributed by atoms with Crippen molar-refractivity contribution in [3.63, 3.8) is 0 Å². The van der Waals surface area contributed by atoms with E-state index in [0.29, 0.717) is 12.7 Å². The minimum atomic E-state index is -4.97. The van der Waals surface area contributed by atoms with Gasteiger partial charge in [-0.3, -0.25) is 0 Å². The highest BCUT2D eigenvalue weighted by Crippen LogP contribution is 2.78. The summed E-state index contributed by atoms with van der Waals surface area (Å²) in [6.45, 7) is 2.40. The Hall–Kier alpha value is -2.11. The molecule has 2 bridgehead atoms. The van der Waals surface area contributed by atoms with Crippen molar-refractivity contribution in [2.24, 2.45) is 5.41 Å². The number of rotatable bonds is 2. The monoisotopic (exact) mass is 422 g/mol. The van der Waals surface area contributed by atoms with Crippen LogP contribution in [-0.2, 0) is 17.6 Å². The highest BCUT2D eigenvalue weighted by atomic mass is 19.4. The molecule has 0 aromatic carbocycles. The molecule has 1 N–H and O–H groups in total. The SMILES string of the molecule is C[C@H]1Cn2c(nnc2C23CC(C(F)(F)F)(C2)C3)-c2onc([C@@](C)(O)C(F)(F)F)c21. The Labute approximate surface area is 159 Å². The number of aliphatic hydroxyl groups is 1. The van der Waals surface area contributed by atoms with Gasteiger partial charge in [-0.2, -0.15) is 26.3 Å². The van der Waals surface area contributed by atoms with E-state index < -0.39 is 40.4 Å². The molecule has 2 atom stereocenters. The number of hydrogen-bond acceptors (Lipinski definition) is 5. The molecule has 29 heavy (non-hydrogen) atoms. The maximum absolute atomic E-state index is 13.3. The van der Waals surface area contributed by atoms with E-state index in [1.807, 2.05) is 0 Å². The van der Waals surface area contributed by atoms with Gasteiger partial charge in [0.15, 0.2) is 0 Å². The largest absolute Gasteiger partial charge is 0.422 e. The van der Waals surface area contributed by atoms with E-state index in [-0.39, 0.29) is 43.0 Å². The Morgan fingerprint density at radius 2 is 1.72 bits per heavy atom. The molecule has 3 fully saturated rings. The van der Waals surface area contributed by atoms with Crippen LogP contribution in [0.3, 0.4) is 0 Å². The minimum Gasteiger partial charge on any atom is -0.375 e. The number of aromatic nitrogens is 4. The molecule has 0 radical (unpaired) electrons. The molecule has 6 rings (SSSR count). The molecule has 158 valence electrons. The van der Waals surface area contributed by atoms with Crippen LogP contribution < -0.4 is 0 Å². The van der Waals surface area contributed by atoms with Crippen molar-refractivity contribution >= 4 is 0 Å². The molecular formula is C17H16F6N4O2. The fourth-order valence-corrected chi connectivity index (χ4v) is 5.13. The Morgan fingerprint density at radius 3 is 2.28 bits per heavy atom. The maximum atomic E-state index is 13.3. The van der Waals surface area contributed by atoms with E-state index in [2.05, 4.69) is 15.4 Å². The summed E-state index contributed by atoms with van der Waals surface area (Å²) in [7, 11) is 0. The molecule has 6 nitrogen and oxygen atoms in total. The van der Waals surface area contributed by atoms with Gasteiger partial charge >= 0.3 is 12.4 Å². The van der Waals surface area contributed by atoms with Gasteiger partial charge in [0.05, 0.1) is 5.41 Å². The van der Waals surface area contributed by atoms with Crippen molar-refractivity contribution in [2.75, 3.05) is 0 Å². The summed E-state index contributed by atoms with van der Waals surface area (Å²) in [6, 6.07) is 0. The predicted octanol–water partition coefficient (Wildman–Crippen LogP) is 3.80. The number of halogens is 6. The zero-order chi connectivity index (χ0) is 21.2. The van der Waals surface area contributed by atoms with Crippen molar-refractivity contribution in [3.05, 3.63) is 17.1 Å². The average molecular weight is 422 g/mol. The Balaban J connectivity index is 1.54. The molecule has 4 aliphatic rings. The van der Waals surface area contributed by atoms with Crippen LogP contribution in [0.25, 0.3) is 11.6 Å².